The predicted octanol–water partition coefficient (Wildman–Crippen LogP) is 3.64. The number of nitrogens with one attached hydrogen (secondary N) is 1. The van der Waals surface area contributed by atoms with Gasteiger partial charge in [-0.3, -0.25) is 4.79 Å². The Balaban J connectivity index is 1.29. The van der Waals surface area contributed by atoms with Crippen molar-refractivity contribution in [2.24, 2.45) is 0 Å². The lowest BCUT2D eigenvalue weighted by Gasteiger charge is -2.19. The third kappa shape index (κ3) is 4.58. The Morgan fingerprint density at radius 3 is 2.96 bits per heavy atom. The first-order valence-corrected chi connectivity index (χ1v) is 9.33. The molecule has 1 aliphatic rings. The summed E-state index contributed by atoms with van der Waals surface area (Å²) in [6.07, 6.45) is 4.91. The van der Waals surface area contributed by atoms with Gasteiger partial charge in [0.05, 0.1) is 0 Å². The van der Waals surface area contributed by atoms with Crippen molar-refractivity contribution >= 4 is 22.9 Å². The van der Waals surface area contributed by atoms with E-state index in [1.165, 1.54) is 16.1 Å². The SMILES string of the molecule is O=C(CCCCc1cccs1)NCCN1CCc2ccccc21. The first-order valence-electron chi connectivity index (χ1n) is 8.45. The molecule has 3 rings (SSSR count). The number of anilines is 1. The minimum atomic E-state index is 0.184. The highest BCUT2D eigenvalue weighted by Gasteiger charge is 2.17. The van der Waals surface area contributed by atoms with Gasteiger partial charge in [-0.1, -0.05) is 24.3 Å². The molecule has 0 saturated carbocycles. The van der Waals surface area contributed by atoms with Crippen LogP contribution in [0.5, 0.6) is 0 Å². The molecule has 0 fully saturated rings. The summed E-state index contributed by atoms with van der Waals surface area (Å²) >= 11 is 1.80. The highest BCUT2D eigenvalue weighted by Crippen LogP contribution is 2.26. The monoisotopic (exact) mass is 328 g/mol. The minimum absolute atomic E-state index is 0.184. The first kappa shape index (κ1) is 16.1. The molecule has 1 N–H and O–H groups in total. The second-order valence-corrected chi connectivity index (χ2v) is 7.03. The van der Waals surface area contributed by atoms with Crippen molar-refractivity contribution in [3.8, 4) is 0 Å². The van der Waals surface area contributed by atoms with Gasteiger partial charge < -0.3 is 10.2 Å². The van der Waals surface area contributed by atoms with Crippen molar-refractivity contribution < 1.29 is 4.79 Å². The predicted molar refractivity (Wildman–Crippen MR) is 97.2 cm³/mol. The van der Waals surface area contributed by atoms with Gasteiger partial charge in [-0.25, -0.2) is 0 Å². The number of para-hydroxylation sites is 1. The summed E-state index contributed by atoms with van der Waals surface area (Å²) in [6, 6.07) is 12.8. The van der Waals surface area contributed by atoms with Gasteiger partial charge in [0.2, 0.25) is 5.91 Å². The van der Waals surface area contributed by atoms with Crippen LogP contribution < -0.4 is 10.2 Å². The normalized spacial score (nSPS) is 13.1. The van der Waals surface area contributed by atoms with E-state index in [9.17, 15) is 4.79 Å². The fourth-order valence-corrected chi connectivity index (χ4v) is 3.85. The van der Waals surface area contributed by atoms with E-state index in [0.717, 1.165) is 45.3 Å². The van der Waals surface area contributed by atoms with Crippen LogP contribution in [0.25, 0.3) is 0 Å². The summed E-state index contributed by atoms with van der Waals surface area (Å²) in [5.74, 6) is 0.184. The van der Waals surface area contributed by atoms with Crippen molar-refractivity contribution in [2.75, 3.05) is 24.5 Å². The molecule has 0 atom stereocenters. The molecule has 3 nitrogen and oxygen atoms in total. The van der Waals surface area contributed by atoms with Crippen molar-refractivity contribution in [1.82, 2.24) is 5.32 Å². The molecule has 23 heavy (non-hydrogen) atoms. The van der Waals surface area contributed by atoms with Crippen molar-refractivity contribution in [3.05, 3.63) is 52.2 Å². The Morgan fingerprint density at radius 1 is 1.17 bits per heavy atom. The van der Waals surface area contributed by atoms with E-state index in [1.54, 1.807) is 11.3 Å². The molecule has 0 radical (unpaired) electrons. The molecular weight excluding hydrogens is 304 g/mol. The minimum Gasteiger partial charge on any atom is -0.369 e. The van der Waals surface area contributed by atoms with Crippen molar-refractivity contribution in [1.29, 1.82) is 0 Å². The van der Waals surface area contributed by atoms with E-state index in [-0.39, 0.29) is 5.91 Å². The number of nitrogens with zero attached hydrogens (tertiary/aromatic N) is 1. The summed E-state index contributed by atoms with van der Waals surface area (Å²) in [5, 5.41) is 5.17. The van der Waals surface area contributed by atoms with Gasteiger partial charge in [0, 0.05) is 36.6 Å². The van der Waals surface area contributed by atoms with E-state index < -0.39 is 0 Å². The highest BCUT2D eigenvalue weighted by atomic mass is 32.1. The molecule has 4 heteroatoms. The molecule has 0 unspecified atom stereocenters. The number of fused-ring (bicyclic) bond motifs is 1. The van der Waals surface area contributed by atoms with E-state index in [0.29, 0.717) is 6.42 Å². The van der Waals surface area contributed by atoms with E-state index >= 15 is 0 Å². The first-order chi connectivity index (χ1) is 11.3. The Labute approximate surface area is 142 Å². The number of amides is 1. The summed E-state index contributed by atoms with van der Waals surface area (Å²) in [4.78, 5) is 15.7. The summed E-state index contributed by atoms with van der Waals surface area (Å²) in [6.45, 7) is 2.70. The standard InChI is InChI=1S/C19H24N2OS/c22-19(10-4-2-7-17-8-5-15-23-17)20-12-14-21-13-11-16-6-1-3-9-18(16)21/h1,3,5-6,8-9,15H,2,4,7,10-14H2,(H,20,22). The zero-order chi connectivity index (χ0) is 15.9. The van der Waals surface area contributed by atoms with Crippen LogP contribution in [-0.4, -0.2) is 25.5 Å². The maximum atomic E-state index is 11.9. The zero-order valence-corrected chi connectivity index (χ0v) is 14.3. The second kappa shape index (κ2) is 8.16. The number of hydrogen-bond donors (Lipinski definition) is 1. The zero-order valence-electron chi connectivity index (χ0n) is 13.5. The van der Waals surface area contributed by atoms with Gasteiger partial charge in [0.15, 0.2) is 0 Å². The Hall–Kier alpha value is -1.81. The second-order valence-electron chi connectivity index (χ2n) is 6.00. The van der Waals surface area contributed by atoms with Crippen LogP contribution in [-0.2, 0) is 17.6 Å². The average Bonchev–Trinajstić information content (AvgIpc) is 3.22. The molecule has 122 valence electrons. The number of hydrogen-bond acceptors (Lipinski definition) is 3. The van der Waals surface area contributed by atoms with Crippen molar-refractivity contribution in [2.45, 2.75) is 32.1 Å². The lowest BCUT2D eigenvalue weighted by Crippen LogP contribution is -2.34. The van der Waals surface area contributed by atoms with Gasteiger partial charge in [-0.2, -0.15) is 0 Å². The molecule has 1 aromatic heterocycles. The molecule has 2 heterocycles. The third-order valence-electron chi connectivity index (χ3n) is 4.34. The molecule has 2 aromatic rings. The van der Waals surface area contributed by atoms with Crippen molar-refractivity contribution in [3.63, 3.8) is 0 Å². The summed E-state index contributed by atoms with van der Waals surface area (Å²) < 4.78 is 0. The Bertz CT molecular complexity index is 624. The lowest BCUT2D eigenvalue weighted by atomic mass is 10.1. The Morgan fingerprint density at radius 2 is 2.09 bits per heavy atom. The van der Waals surface area contributed by atoms with Crippen LogP contribution >= 0.6 is 11.3 Å². The van der Waals surface area contributed by atoms with Gasteiger partial charge in [-0.15, -0.1) is 11.3 Å². The number of carbonyl (C=O) groups is 1. The molecule has 1 amide bonds. The topological polar surface area (TPSA) is 32.3 Å². The van der Waals surface area contributed by atoms with Crippen LogP contribution in [0, 0.1) is 0 Å². The van der Waals surface area contributed by atoms with Crippen LogP contribution in [0.2, 0.25) is 0 Å². The van der Waals surface area contributed by atoms with E-state index in [2.05, 4.69) is 52.0 Å². The van der Waals surface area contributed by atoms with Crippen LogP contribution in [0.1, 0.15) is 29.7 Å². The number of benzene rings is 1. The number of thiophene rings is 1. The van der Waals surface area contributed by atoms with Crippen LogP contribution in [0.3, 0.4) is 0 Å². The smallest absolute Gasteiger partial charge is 0.220 e. The van der Waals surface area contributed by atoms with Gasteiger partial charge in [0.1, 0.15) is 0 Å². The van der Waals surface area contributed by atoms with Gasteiger partial charge >= 0.3 is 0 Å². The fraction of sp³-hybridized carbons (Fsp3) is 0.421. The molecular formula is C19H24N2OS. The maximum Gasteiger partial charge on any atom is 0.220 e. The highest BCUT2D eigenvalue weighted by molar-refractivity contribution is 7.09. The van der Waals surface area contributed by atoms with Gasteiger partial charge in [0.25, 0.3) is 0 Å². The number of rotatable bonds is 8. The van der Waals surface area contributed by atoms with Crippen LogP contribution in [0.4, 0.5) is 5.69 Å². The van der Waals surface area contributed by atoms with E-state index in [4.69, 9.17) is 0 Å². The molecule has 1 aliphatic heterocycles. The van der Waals surface area contributed by atoms with Crippen LogP contribution in [0.15, 0.2) is 41.8 Å². The molecule has 0 aliphatic carbocycles. The molecule has 0 bridgehead atoms. The number of aryl methyl sites for hydroxylation is 1. The van der Waals surface area contributed by atoms with Gasteiger partial charge in [-0.05, 0) is 48.8 Å². The average molecular weight is 328 g/mol. The summed E-state index contributed by atoms with van der Waals surface area (Å²) in [7, 11) is 0. The summed E-state index contributed by atoms with van der Waals surface area (Å²) in [5.41, 5.74) is 2.75. The maximum absolute atomic E-state index is 11.9. The molecule has 0 saturated heterocycles. The molecule has 1 aromatic carbocycles. The largest absolute Gasteiger partial charge is 0.369 e. The quantitative estimate of drug-likeness (QED) is 0.750. The number of carbonyl (C=O) groups excluding carboxylic acids is 1. The Kier molecular flexibility index (Phi) is 5.70. The van der Waals surface area contributed by atoms with E-state index in [1.807, 2.05) is 0 Å². The fourth-order valence-electron chi connectivity index (χ4n) is 3.10. The molecule has 0 spiro atoms. The third-order valence-corrected chi connectivity index (χ3v) is 5.28. The lowest BCUT2D eigenvalue weighted by molar-refractivity contribution is -0.121. The number of unbranched alkanes of at least 4 members (excludes halogenated alkanes) is 1.